The molecule has 25 heteroatoms. The average molecular weight is 954 g/mol. The molecular weight excluding hydrogens is 929 g/mol. The van der Waals surface area contributed by atoms with Crippen LogP contribution in [0, 0.1) is 57.9 Å². The summed E-state index contributed by atoms with van der Waals surface area (Å²) in [5, 5.41) is 25.1. The fourth-order valence-corrected chi connectivity index (χ4v) is 4.18. The minimum atomic E-state index is -5.05. The van der Waals surface area contributed by atoms with Crippen molar-refractivity contribution in [2.24, 2.45) is 0 Å². The third kappa shape index (κ3) is 16.8. The van der Waals surface area contributed by atoms with Crippen LogP contribution < -0.4 is 9.47 Å². The number of hydrogen-bond acceptors (Lipinski definition) is 7. The van der Waals surface area contributed by atoms with Crippen molar-refractivity contribution in [1.29, 1.82) is 5.26 Å². The molecule has 5 aromatic rings. The first-order valence-electron chi connectivity index (χ1n) is 16.5. The van der Waals surface area contributed by atoms with E-state index in [0.717, 1.165) is 0 Å². The van der Waals surface area contributed by atoms with Crippen LogP contribution in [0.5, 0.6) is 11.5 Å². The number of ether oxygens (including phenoxy) is 2. The van der Waals surface area contributed by atoms with Gasteiger partial charge >= 0.3 is 24.5 Å². The molecule has 8 nitrogen and oxygen atoms in total. The summed E-state index contributed by atoms with van der Waals surface area (Å²) in [6.07, 6.45) is -14.6. The van der Waals surface area contributed by atoms with E-state index in [1.165, 1.54) is 50.6 Å². The summed E-state index contributed by atoms with van der Waals surface area (Å²) in [5.74, 6) is -11.3. The maximum atomic E-state index is 12.8. The second kappa shape index (κ2) is 24.0. The van der Waals surface area contributed by atoms with Gasteiger partial charge in [0, 0.05) is 11.6 Å². The topological polar surface area (TPSA) is 134 Å². The number of halogens is 17. The molecule has 2 N–H and O–H groups in total. The van der Waals surface area contributed by atoms with Gasteiger partial charge in [-0.05, 0) is 66.7 Å². The molecule has 0 atom stereocenters. The van der Waals surface area contributed by atoms with E-state index in [0.29, 0.717) is 23.9 Å². The molecule has 0 aromatic heterocycles. The number of carboxylic acids is 1. The number of rotatable bonds is 6. The number of aliphatic hydroxyl groups excluding tert-OH is 1. The molecule has 5 rings (SSSR count). The van der Waals surface area contributed by atoms with Gasteiger partial charge in [-0.1, -0.05) is 0 Å². The summed E-state index contributed by atoms with van der Waals surface area (Å²) in [5.41, 5.74) is -7.59. The summed E-state index contributed by atoms with van der Waals surface area (Å²) in [6.45, 7) is -0.846. The highest BCUT2D eigenvalue weighted by Crippen LogP contribution is 2.34. The van der Waals surface area contributed by atoms with E-state index in [2.05, 4.69) is 0 Å². The van der Waals surface area contributed by atoms with Crippen molar-refractivity contribution in [2.75, 3.05) is 14.2 Å². The maximum absolute atomic E-state index is 12.8. The lowest BCUT2D eigenvalue weighted by atomic mass is 10.1. The third-order valence-corrected chi connectivity index (χ3v) is 7.35. The number of methoxy groups -OCH3 is 2. The number of hydrogen-bond donors (Lipinski definition) is 2. The van der Waals surface area contributed by atoms with Crippen molar-refractivity contribution in [1.82, 2.24) is 0 Å². The summed E-state index contributed by atoms with van der Waals surface area (Å²) >= 11 is 0. The van der Waals surface area contributed by atoms with Crippen LogP contribution in [0.15, 0.2) is 72.8 Å². The molecule has 0 radical (unpaired) electrons. The Hall–Kier alpha value is -7.23. The van der Waals surface area contributed by atoms with E-state index in [4.69, 9.17) is 24.9 Å². The highest BCUT2D eigenvalue weighted by Gasteiger charge is 2.37. The first kappa shape index (κ1) is 55.8. The fourth-order valence-electron chi connectivity index (χ4n) is 4.18. The quantitative estimate of drug-likeness (QED) is 0.127. The standard InChI is InChI=1S/C8H3F5O2.C8H5F5O.C8H3F5O.C8H6FNO.C8H7FO2/c9-5-2-4(8(11,12)13)6(10)1-3(5)7(14)15;2*9-6-2-5(8(11,12)13)7(10)1-4(6)3-14;2*1-11-7-2-3-8(9)6(4-7)5-10/h1-2H,(H,14,15);1-2,14H,3H2;1-3H;2-4H,1H3;2-5H,1H3. The first-order valence-corrected chi connectivity index (χ1v) is 16.5. The smallest absolute Gasteiger partial charge is 0.419 e. The number of aromatic carboxylic acids is 1. The maximum Gasteiger partial charge on any atom is 0.419 e. The molecule has 65 heavy (non-hydrogen) atoms. The van der Waals surface area contributed by atoms with Gasteiger partial charge in [0.15, 0.2) is 12.6 Å². The number of aliphatic hydroxyl groups is 1. The number of nitrogens with zero attached hydrogens (tertiary/aromatic N) is 1. The molecular formula is C40H24F17NO7. The molecule has 0 amide bonds. The van der Waals surface area contributed by atoms with E-state index >= 15 is 0 Å². The largest absolute Gasteiger partial charge is 0.497 e. The van der Waals surface area contributed by atoms with Crippen molar-refractivity contribution in [3.8, 4) is 17.6 Å². The summed E-state index contributed by atoms with van der Waals surface area (Å²) in [4.78, 5) is 30.5. The Kier molecular flexibility index (Phi) is 20.6. The number of benzene rings is 5. The predicted molar refractivity (Wildman–Crippen MR) is 188 cm³/mol. The van der Waals surface area contributed by atoms with Crippen molar-refractivity contribution in [3.05, 3.63) is 164 Å². The van der Waals surface area contributed by atoms with E-state index in [1.54, 1.807) is 6.07 Å². The van der Waals surface area contributed by atoms with Crippen molar-refractivity contribution in [2.45, 2.75) is 25.1 Å². The zero-order chi connectivity index (χ0) is 50.2. The summed E-state index contributed by atoms with van der Waals surface area (Å²) in [6, 6.07) is 10.1. The van der Waals surface area contributed by atoms with Gasteiger partial charge in [0.2, 0.25) is 0 Å². The Morgan fingerprint density at radius 3 is 1.37 bits per heavy atom. The van der Waals surface area contributed by atoms with Gasteiger partial charge in [-0.25, -0.2) is 39.9 Å². The molecule has 0 saturated heterocycles. The first-order chi connectivity index (χ1) is 30.0. The van der Waals surface area contributed by atoms with Crippen LogP contribution in [0.25, 0.3) is 0 Å². The highest BCUT2D eigenvalue weighted by molar-refractivity contribution is 5.88. The lowest BCUT2D eigenvalue weighted by Gasteiger charge is -2.09. The molecule has 0 fully saturated rings. The number of nitriles is 1. The van der Waals surface area contributed by atoms with Gasteiger partial charge in [-0.2, -0.15) is 44.8 Å². The minimum absolute atomic E-state index is 0.000486. The molecule has 0 heterocycles. The zero-order valence-corrected chi connectivity index (χ0v) is 32.1. The van der Waals surface area contributed by atoms with Crippen LogP contribution >= 0.6 is 0 Å². The molecule has 5 aromatic carbocycles. The molecule has 350 valence electrons. The summed E-state index contributed by atoms with van der Waals surface area (Å²) in [7, 11) is 2.93. The molecule has 0 aliphatic carbocycles. The van der Waals surface area contributed by atoms with Gasteiger partial charge in [0.1, 0.15) is 64.1 Å². The van der Waals surface area contributed by atoms with Gasteiger partial charge in [0.05, 0.1) is 59.8 Å². The number of carbonyl (C=O) groups excluding carboxylic acids is 2. The average Bonchev–Trinajstić information content (AvgIpc) is 3.22. The van der Waals surface area contributed by atoms with Crippen LogP contribution in [-0.2, 0) is 25.1 Å². The Labute approximate surface area is 353 Å². The van der Waals surface area contributed by atoms with E-state index in [1.807, 2.05) is 0 Å². The second-order valence-electron chi connectivity index (χ2n) is 11.6. The molecule has 0 spiro atoms. The van der Waals surface area contributed by atoms with Crippen LogP contribution in [0.1, 0.15) is 58.9 Å². The van der Waals surface area contributed by atoms with Crippen molar-refractivity contribution < 1.29 is 109 Å². The van der Waals surface area contributed by atoms with Gasteiger partial charge in [-0.15, -0.1) is 0 Å². The SMILES string of the molecule is COc1ccc(F)c(C#N)c1.COc1ccc(F)c(C=O)c1.O=C(O)c1cc(F)c(C(F)(F)F)cc1F.O=Cc1cc(F)c(C(F)(F)F)cc1F.OCc1cc(F)c(C(F)(F)F)cc1F. The van der Waals surface area contributed by atoms with Crippen molar-refractivity contribution in [3.63, 3.8) is 0 Å². The number of aldehydes is 2. The molecule has 0 aliphatic rings. The minimum Gasteiger partial charge on any atom is -0.497 e. The van der Waals surface area contributed by atoms with E-state index < -0.39 is 111 Å². The van der Waals surface area contributed by atoms with E-state index in [-0.39, 0.29) is 47.7 Å². The zero-order valence-electron chi connectivity index (χ0n) is 32.1. The Morgan fingerprint density at radius 1 is 0.554 bits per heavy atom. The second-order valence-corrected chi connectivity index (χ2v) is 11.6. The fraction of sp³-hybridized carbons (Fsp3) is 0.150. The molecule has 0 saturated carbocycles. The number of carboxylic acid groups (broad SMARTS) is 1. The lowest BCUT2D eigenvalue weighted by molar-refractivity contribution is -0.141. The Bertz CT molecular complexity index is 2500. The summed E-state index contributed by atoms with van der Waals surface area (Å²) < 4.78 is 219. The molecule has 0 aliphatic heterocycles. The van der Waals surface area contributed by atoms with Crippen LogP contribution in [0.3, 0.4) is 0 Å². The van der Waals surface area contributed by atoms with Crippen molar-refractivity contribution >= 4 is 18.5 Å². The van der Waals surface area contributed by atoms with Gasteiger partial charge < -0.3 is 19.7 Å². The molecule has 0 bridgehead atoms. The van der Waals surface area contributed by atoms with Crippen LogP contribution in [0.4, 0.5) is 74.6 Å². The lowest BCUT2D eigenvalue weighted by Crippen LogP contribution is -2.11. The Balaban J connectivity index is 0.000000408. The molecule has 0 unspecified atom stereocenters. The highest BCUT2D eigenvalue weighted by atomic mass is 19.4. The Morgan fingerprint density at radius 2 is 0.954 bits per heavy atom. The third-order valence-electron chi connectivity index (χ3n) is 7.35. The van der Waals surface area contributed by atoms with Gasteiger partial charge in [0.25, 0.3) is 0 Å². The van der Waals surface area contributed by atoms with E-state index in [9.17, 15) is 89.0 Å². The monoisotopic (exact) mass is 953 g/mol. The van der Waals surface area contributed by atoms with Crippen LogP contribution in [-0.4, -0.2) is 43.0 Å². The normalized spacial score (nSPS) is 10.8. The van der Waals surface area contributed by atoms with Gasteiger partial charge in [-0.3, -0.25) is 9.59 Å². The number of alkyl halides is 9. The number of carbonyl (C=O) groups is 3. The predicted octanol–water partition coefficient (Wildman–Crippen LogP) is 11.3. The van der Waals surface area contributed by atoms with Crippen LogP contribution in [0.2, 0.25) is 0 Å².